The van der Waals surface area contributed by atoms with Crippen molar-refractivity contribution < 1.29 is 19.3 Å². The van der Waals surface area contributed by atoms with E-state index >= 15 is 0 Å². The van der Waals surface area contributed by atoms with Crippen LogP contribution in [0.4, 0.5) is 0 Å². The third-order valence-electron chi connectivity index (χ3n) is 3.41. The van der Waals surface area contributed by atoms with Crippen LogP contribution >= 0.6 is 0 Å². The molecule has 0 aliphatic carbocycles. The smallest absolute Gasteiger partial charge is 0.163 e. The molecule has 0 unspecified atom stereocenters. The topological polar surface area (TPSA) is 51.2 Å². The Morgan fingerprint density at radius 3 is 2.61 bits per heavy atom. The van der Waals surface area contributed by atoms with Crippen LogP contribution in [0.25, 0.3) is 0 Å². The Labute approximate surface area is 106 Å². The molecule has 3 rings (SSSR count). The molecule has 4 atom stereocenters. The minimum atomic E-state index is -0.594. The van der Waals surface area contributed by atoms with Gasteiger partial charge in [0.15, 0.2) is 5.79 Å². The summed E-state index contributed by atoms with van der Waals surface area (Å²) in [6.07, 6.45) is -0.927. The van der Waals surface area contributed by atoms with E-state index in [-0.39, 0.29) is 18.3 Å². The zero-order valence-electron chi connectivity index (χ0n) is 10.6. The van der Waals surface area contributed by atoms with Crippen molar-refractivity contribution in [2.45, 2.75) is 44.1 Å². The molecule has 2 fully saturated rings. The molecule has 0 bridgehead atoms. The SMILES string of the molecule is CC1(C)OC[C@H]([C@H]2O[C@H]2[C@@H](O)c2ccccc2)O1. The van der Waals surface area contributed by atoms with E-state index in [2.05, 4.69) is 0 Å². The summed E-state index contributed by atoms with van der Waals surface area (Å²) in [7, 11) is 0. The van der Waals surface area contributed by atoms with E-state index in [4.69, 9.17) is 14.2 Å². The molecule has 0 spiro atoms. The van der Waals surface area contributed by atoms with E-state index in [1.165, 1.54) is 0 Å². The zero-order valence-corrected chi connectivity index (χ0v) is 10.6. The second-order valence-electron chi connectivity index (χ2n) is 5.29. The van der Waals surface area contributed by atoms with E-state index < -0.39 is 11.9 Å². The minimum Gasteiger partial charge on any atom is -0.386 e. The van der Waals surface area contributed by atoms with Gasteiger partial charge in [-0.15, -0.1) is 0 Å². The van der Waals surface area contributed by atoms with E-state index in [0.29, 0.717) is 6.61 Å². The summed E-state index contributed by atoms with van der Waals surface area (Å²) in [5.41, 5.74) is 0.878. The fraction of sp³-hybridized carbons (Fsp3) is 0.571. The first-order valence-electron chi connectivity index (χ1n) is 6.27. The second kappa shape index (κ2) is 4.31. The summed E-state index contributed by atoms with van der Waals surface area (Å²) in [6.45, 7) is 4.30. The Bertz CT molecular complexity index is 417. The molecule has 4 heteroatoms. The summed E-state index contributed by atoms with van der Waals surface area (Å²) < 4.78 is 16.8. The van der Waals surface area contributed by atoms with E-state index in [1.54, 1.807) is 0 Å². The summed E-state index contributed by atoms with van der Waals surface area (Å²) in [5.74, 6) is -0.543. The Hall–Kier alpha value is -0.940. The molecule has 0 aromatic heterocycles. The monoisotopic (exact) mass is 250 g/mol. The lowest BCUT2D eigenvalue weighted by atomic mass is 10.0. The lowest BCUT2D eigenvalue weighted by molar-refractivity contribution is -0.140. The molecule has 2 saturated heterocycles. The van der Waals surface area contributed by atoms with Crippen molar-refractivity contribution in [2.24, 2.45) is 0 Å². The summed E-state index contributed by atoms with van der Waals surface area (Å²) >= 11 is 0. The molecule has 1 aromatic carbocycles. The first-order valence-corrected chi connectivity index (χ1v) is 6.27. The average molecular weight is 250 g/mol. The van der Waals surface area contributed by atoms with E-state index in [1.807, 2.05) is 44.2 Å². The van der Waals surface area contributed by atoms with Crippen molar-refractivity contribution in [2.75, 3.05) is 6.61 Å². The van der Waals surface area contributed by atoms with Gasteiger partial charge in [0.1, 0.15) is 24.4 Å². The number of rotatable bonds is 3. The van der Waals surface area contributed by atoms with Crippen molar-refractivity contribution in [1.82, 2.24) is 0 Å². The number of hydrogen-bond donors (Lipinski definition) is 1. The molecule has 1 aromatic rings. The fourth-order valence-electron chi connectivity index (χ4n) is 2.41. The summed E-state index contributed by atoms with van der Waals surface area (Å²) in [4.78, 5) is 0. The van der Waals surface area contributed by atoms with Crippen LogP contribution in [-0.4, -0.2) is 35.8 Å². The van der Waals surface area contributed by atoms with Gasteiger partial charge in [0.05, 0.1) is 6.61 Å². The molecule has 0 amide bonds. The molecular weight excluding hydrogens is 232 g/mol. The van der Waals surface area contributed by atoms with Crippen LogP contribution in [0.2, 0.25) is 0 Å². The molecular formula is C14H18O4. The molecule has 4 nitrogen and oxygen atoms in total. The van der Waals surface area contributed by atoms with Crippen LogP contribution in [-0.2, 0) is 14.2 Å². The standard InChI is InChI=1S/C14H18O4/c1-14(2)16-8-10(18-14)12-13(17-12)11(15)9-6-4-3-5-7-9/h3-7,10-13,15H,8H2,1-2H3/t10-,11+,12-,13+/m1/s1. The molecule has 2 heterocycles. The molecule has 2 aliphatic heterocycles. The normalized spacial score (nSPS) is 35.4. The Morgan fingerprint density at radius 1 is 1.28 bits per heavy atom. The first-order chi connectivity index (χ1) is 8.57. The Morgan fingerprint density at radius 2 is 2.00 bits per heavy atom. The highest BCUT2D eigenvalue weighted by atomic mass is 16.8. The van der Waals surface area contributed by atoms with Gasteiger partial charge in [-0.1, -0.05) is 30.3 Å². The van der Waals surface area contributed by atoms with Crippen molar-refractivity contribution in [3.63, 3.8) is 0 Å². The number of epoxide rings is 1. The predicted molar refractivity (Wildman–Crippen MR) is 65.0 cm³/mol. The summed E-state index contributed by atoms with van der Waals surface area (Å²) in [6, 6.07) is 9.55. The maximum Gasteiger partial charge on any atom is 0.163 e. The van der Waals surface area contributed by atoms with Gasteiger partial charge in [0, 0.05) is 0 Å². The van der Waals surface area contributed by atoms with Gasteiger partial charge in [-0.05, 0) is 19.4 Å². The second-order valence-corrected chi connectivity index (χ2v) is 5.29. The van der Waals surface area contributed by atoms with Crippen LogP contribution in [0, 0.1) is 0 Å². The minimum absolute atomic E-state index is 0.0676. The summed E-state index contributed by atoms with van der Waals surface area (Å²) in [5, 5.41) is 10.2. The van der Waals surface area contributed by atoms with Crippen molar-refractivity contribution in [3.8, 4) is 0 Å². The number of hydrogen-bond acceptors (Lipinski definition) is 4. The number of aliphatic hydroxyl groups is 1. The maximum atomic E-state index is 10.2. The lowest BCUT2D eigenvalue weighted by Crippen LogP contribution is -2.26. The van der Waals surface area contributed by atoms with E-state index in [0.717, 1.165) is 5.56 Å². The first kappa shape index (κ1) is 12.1. The highest BCUT2D eigenvalue weighted by Gasteiger charge is 2.53. The molecule has 0 saturated carbocycles. The largest absolute Gasteiger partial charge is 0.386 e. The van der Waals surface area contributed by atoms with Gasteiger partial charge in [-0.2, -0.15) is 0 Å². The van der Waals surface area contributed by atoms with Gasteiger partial charge in [0.25, 0.3) is 0 Å². The van der Waals surface area contributed by atoms with Crippen LogP contribution in [0.5, 0.6) is 0 Å². The molecule has 0 radical (unpaired) electrons. The van der Waals surface area contributed by atoms with Gasteiger partial charge in [-0.3, -0.25) is 0 Å². The van der Waals surface area contributed by atoms with Crippen LogP contribution in [0.3, 0.4) is 0 Å². The lowest BCUT2D eigenvalue weighted by Gasteiger charge is -2.16. The predicted octanol–water partition coefficient (Wildman–Crippen LogP) is 1.64. The molecule has 1 N–H and O–H groups in total. The number of ether oxygens (including phenoxy) is 3. The van der Waals surface area contributed by atoms with Crippen LogP contribution in [0.15, 0.2) is 30.3 Å². The van der Waals surface area contributed by atoms with Gasteiger partial charge < -0.3 is 19.3 Å². The molecule has 98 valence electrons. The maximum absolute atomic E-state index is 10.2. The third kappa shape index (κ3) is 2.29. The van der Waals surface area contributed by atoms with Gasteiger partial charge >= 0.3 is 0 Å². The molecule has 2 aliphatic rings. The number of aliphatic hydroxyl groups excluding tert-OH is 1. The zero-order chi connectivity index (χ0) is 12.8. The van der Waals surface area contributed by atoms with Crippen molar-refractivity contribution >= 4 is 0 Å². The fourth-order valence-corrected chi connectivity index (χ4v) is 2.41. The van der Waals surface area contributed by atoms with Crippen LogP contribution in [0.1, 0.15) is 25.5 Å². The number of benzene rings is 1. The quantitative estimate of drug-likeness (QED) is 0.829. The Balaban J connectivity index is 1.61. The van der Waals surface area contributed by atoms with E-state index in [9.17, 15) is 5.11 Å². The highest BCUT2D eigenvalue weighted by molar-refractivity contribution is 5.20. The molecule has 18 heavy (non-hydrogen) atoms. The van der Waals surface area contributed by atoms with Gasteiger partial charge in [0.2, 0.25) is 0 Å². The average Bonchev–Trinajstić information content (AvgIpc) is 3.08. The Kier molecular flexibility index (Phi) is 2.90. The van der Waals surface area contributed by atoms with Crippen molar-refractivity contribution in [3.05, 3.63) is 35.9 Å². The highest BCUT2D eigenvalue weighted by Crippen LogP contribution is 2.40. The van der Waals surface area contributed by atoms with Crippen LogP contribution < -0.4 is 0 Å². The van der Waals surface area contributed by atoms with Crippen molar-refractivity contribution in [1.29, 1.82) is 0 Å². The third-order valence-corrected chi connectivity index (χ3v) is 3.41. The van der Waals surface area contributed by atoms with Gasteiger partial charge in [-0.25, -0.2) is 0 Å².